The fourth-order valence-corrected chi connectivity index (χ4v) is 4.67. The zero-order chi connectivity index (χ0) is 16.9. The van der Waals surface area contributed by atoms with E-state index < -0.39 is 10.0 Å². The molecule has 0 aliphatic heterocycles. The molecule has 2 rings (SSSR count). The fraction of sp³-hybridized carbons (Fsp3) is 0.474. The Morgan fingerprint density at radius 3 is 2.17 bits per heavy atom. The standard InChI is InChI=1S/C19H27NO2S/c1-4-16(5-2)19(17-9-7-6-8-10-17)20-23(21,22)18-13-11-15(3)12-14-18/h4-5,11-14,16-17,19-20H,1-2,6-10H2,3H3. The Morgan fingerprint density at radius 2 is 1.65 bits per heavy atom. The second kappa shape index (κ2) is 7.93. The summed E-state index contributed by atoms with van der Waals surface area (Å²) >= 11 is 0. The molecule has 1 aromatic rings. The third-order valence-electron chi connectivity index (χ3n) is 4.74. The van der Waals surface area contributed by atoms with E-state index in [0.29, 0.717) is 10.8 Å². The summed E-state index contributed by atoms with van der Waals surface area (Å²) < 4.78 is 28.4. The average Bonchev–Trinajstić information content (AvgIpc) is 2.56. The van der Waals surface area contributed by atoms with Crippen molar-refractivity contribution in [2.45, 2.75) is 50.0 Å². The quantitative estimate of drug-likeness (QED) is 0.760. The molecule has 1 aliphatic rings. The molecular weight excluding hydrogens is 306 g/mol. The van der Waals surface area contributed by atoms with E-state index in [0.717, 1.165) is 31.2 Å². The van der Waals surface area contributed by atoms with Gasteiger partial charge in [0.2, 0.25) is 10.0 Å². The highest BCUT2D eigenvalue weighted by Crippen LogP contribution is 2.31. The summed E-state index contributed by atoms with van der Waals surface area (Å²) in [4.78, 5) is 0.316. The second-order valence-electron chi connectivity index (χ2n) is 6.41. The highest BCUT2D eigenvalue weighted by atomic mass is 32.2. The molecule has 1 atom stereocenters. The van der Waals surface area contributed by atoms with Crippen LogP contribution < -0.4 is 4.72 Å². The van der Waals surface area contributed by atoms with Crippen molar-refractivity contribution < 1.29 is 8.42 Å². The lowest BCUT2D eigenvalue weighted by Crippen LogP contribution is -2.45. The molecule has 0 radical (unpaired) electrons. The van der Waals surface area contributed by atoms with Gasteiger partial charge in [-0.15, -0.1) is 13.2 Å². The molecule has 1 aliphatic carbocycles. The van der Waals surface area contributed by atoms with Crippen molar-refractivity contribution in [3.05, 3.63) is 55.1 Å². The molecule has 1 N–H and O–H groups in total. The molecule has 0 aromatic heterocycles. The monoisotopic (exact) mass is 333 g/mol. The van der Waals surface area contributed by atoms with Gasteiger partial charge in [0.05, 0.1) is 4.90 Å². The van der Waals surface area contributed by atoms with Crippen LogP contribution in [0.4, 0.5) is 0 Å². The fourth-order valence-electron chi connectivity index (χ4n) is 3.34. The van der Waals surface area contributed by atoms with Crippen molar-refractivity contribution in [2.75, 3.05) is 0 Å². The lowest BCUT2D eigenvalue weighted by molar-refractivity contribution is 0.268. The Balaban J connectivity index is 2.26. The van der Waals surface area contributed by atoms with E-state index >= 15 is 0 Å². The normalized spacial score (nSPS) is 17.8. The summed E-state index contributed by atoms with van der Waals surface area (Å²) in [5.41, 5.74) is 1.04. The first-order valence-corrected chi connectivity index (χ1v) is 9.80. The first-order chi connectivity index (χ1) is 11.0. The van der Waals surface area contributed by atoms with Crippen molar-refractivity contribution in [1.29, 1.82) is 0 Å². The van der Waals surface area contributed by atoms with Gasteiger partial charge in [-0.1, -0.05) is 49.1 Å². The molecule has 1 unspecified atom stereocenters. The van der Waals surface area contributed by atoms with Crippen LogP contribution in [0.25, 0.3) is 0 Å². The first kappa shape index (κ1) is 18.0. The molecule has 0 spiro atoms. The molecule has 1 fully saturated rings. The van der Waals surface area contributed by atoms with Crippen LogP contribution in [0.5, 0.6) is 0 Å². The highest BCUT2D eigenvalue weighted by Gasteiger charge is 2.31. The topological polar surface area (TPSA) is 46.2 Å². The lowest BCUT2D eigenvalue weighted by Gasteiger charge is -2.34. The van der Waals surface area contributed by atoms with E-state index in [4.69, 9.17) is 0 Å². The minimum Gasteiger partial charge on any atom is -0.207 e. The smallest absolute Gasteiger partial charge is 0.207 e. The van der Waals surface area contributed by atoms with E-state index in [9.17, 15) is 8.42 Å². The van der Waals surface area contributed by atoms with Crippen LogP contribution in [0.1, 0.15) is 37.7 Å². The molecule has 126 valence electrons. The number of hydrogen-bond acceptors (Lipinski definition) is 2. The number of aryl methyl sites for hydroxylation is 1. The summed E-state index contributed by atoms with van der Waals surface area (Å²) in [7, 11) is -3.54. The molecule has 1 aromatic carbocycles. The summed E-state index contributed by atoms with van der Waals surface area (Å²) in [5, 5.41) is 0. The predicted octanol–water partition coefficient (Wildman–Crippen LogP) is 4.21. The number of hydrogen-bond donors (Lipinski definition) is 1. The summed E-state index contributed by atoms with van der Waals surface area (Å²) in [5.74, 6) is 0.281. The van der Waals surface area contributed by atoms with Gasteiger partial charge in [0, 0.05) is 12.0 Å². The van der Waals surface area contributed by atoms with E-state index in [-0.39, 0.29) is 12.0 Å². The molecule has 0 saturated heterocycles. The number of benzene rings is 1. The van der Waals surface area contributed by atoms with Gasteiger partial charge in [0.1, 0.15) is 0 Å². The number of sulfonamides is 1. The van der Waals surface area contributed by atoms with Gasteiger partial charge in [-0.05, 0) is 37.8 Å². The highest BCUT2D eigenvalue weighted by molar-refractivity contribution is 7.89. The lowest BCUT2D eigenvalue weighted by atomic mass is 9.79. The van der Waals surface area contributed by atoms with E-state index in [1.54, 1.807) is 24.3 Å². The van der Waals surface area contributed by atoms with Gasteiger partial charge in [0.15, 0.2) is 0 Å². The molecule has 3 nitrogen and oxygen atoms in total. The zero-order valence-corrected chi connectivity index (χ0v) is 14.7. The minimum absolute atomic E-state index is 0.0571. The largest absolute Gasteiger partial charge is 0.240 e. The maximum absolute atomic E-state index is 12.8. The SMILES string of the molecule is C=CC(C=C)C(NS(=O)(=O)c1ccc(C)cc1)C1CCCCC1. The summed E-state index contributed by atoms with van der Waals surface area (Å²) in [6.07, 6.45) is 9.26. The van der Waals surface area contributed by atoms with E-state index in [2.05, 4.69) is 17.9 Å². The maximum atomic E-state index is 12.8. The first-order valence-electron chi connectivity index (χ1n) is 8.32. The average molecular weight is 333 g/mol. The van der Waals surface area contributed by atoms with Gasteiger partial charge in [0.25, 0.3) is 0 Å². The number of nitrogens with one attached hydrogen (secondary N) is 1. The van der Waals surface area contributed by atoms with Gasteiger partial charge in [-0.25, -0.2) is 13.1 Å². The van der Waals surface area contributed by atoms with Crippen molar-refractivity contribution >= 4 is 10.0 Å². The van der Waals surface area contributed by atoms with Gasteiger partial charge < -0.3 is 0 Å². The van der Waals surface area contributed by atoms with E-state index in [1.165, 1.54) is 6.42 Å². The Morgan fingerprint density at radius 1 is 1.09 bits per heavy atom. The van der Waals surface area contributed by atoms with E-state index in [1.807, 2.05) is 19.1 Å². The molecular formula is C19H27NO2S. The number of rotatable bonds is 7. The zero-order valence-electron chi connectivity index (χ0n) is 13.9. The third kappa shape index (κ3) is 4.55. The van der Waals surface area contributed by atoms with Crippen molar-refractivity contribution in [3.8, 4) is 0 Å². The van der Waals surface area contributed by atoms with Crippen LogP contribution in [-0.2, 0) is 10.0 Å². The van der Waals surface area contributed by atoms with Gasteiger partial charge in [-0.2, -0.15) is 0 Å². The molecule has 0 heterocycles. The van der Waals surface area contributed by atoms with Crippen LogP contribution in [0.15, 0.2) is 54.5 Å². The Labute approximate surface area is 140 Å². The molecule has 0 amide bonds. The third-order valence-corrected chi connectivity index (χ3v) is 6.21. The molecule has 23 heavy (non-hydrogen) atoms. The molecule has 4 heteroatoms. The minimum atomic E-state index is -3.54. The van der Waals surface area contributed by atoms with Gasteiger partial charge in [-0.3, -0.25) is 0 Å². The maximum Gasteiger partial charge on any atom is 0.240 e. The summed E-state index contributed by atoms with van der Waals surface area (Å²) in [6, 6.07) is 6.79. The van der Waals surface area contributed by atoms with Crippen LogP contribution in [0.2, 0.25) is 0 Å². The Bertz CT molecular complexity index is 620. The molecule has 1 saturated carbocycles. The predicted molar refractivity (Wildman–Crippen MR) is 95.7 cm³/mol. The van der Waals surface area contributed by atoms with Crippen LogP contribution in [0.3, 0.4) is 0 Å². The van der Waals surface area contributed by atoms with Crippen molar-refractivity contribution in [3.63, 3.8) is 0 Å². The van der Waals surface area contributed by atoms with Crippen molar-refractivity contribution in [2.24, 2.45) is 11.8 Å². The molecule has 0 bridgehead atoms. The summed E-state index contributed by atoms with van der Waals surface area (Å²) in [6.45, 7) is 9.66. The van der Waals surface area contributed by atoms with Crippen LogP contribution in [0, 0.1) is 18.8 Å². The van der Waals surface area contributed by atoms with Crippen LogP contribution in [-0.4, -0.2) is 14.5 Å². The van der Waals surface area contributed by atoms with Crippen molar-refractivity contribution in [1.82, 2.24) is 4.72 Å². The Kier molecular flexibility index (Phi) is 6.19. The Hall–Kier alpha value is -1.39. The van der Waals surface area contributed by atoms with Gasteiger partial charge >= 0.3 is 0 Å². The van der Waals surface area contributed by atoms with Crippen LogP contribution >= 0.6 is 0 Å². The second-order valence-corrected chi connectivity index (χ2v) is 8.12.